The molecule has 0 radical (unpaired) electrons. The van der Waals surface area contributed by atoms with Crippen molar-refractivity contribution < 1.29 is 8.42 Å². The third-order valence-electron chi connectivity index (χ3n) is 3.17. The largest absolute Gasteiger partial charge is 0.398 e. The number of nitriles is 1. The van der Waals surface area contributed by atoms with Gasteiger partial charge < -0.3 is 5.73 Å². The van der Waals surface area contributed by atoms with Crippen LogP contribution in [-0.2, 0) is 10.0 Å². The second kappa shape index (κ2) is 7.74. The lowest BCUT2D eigenvalue weighted by Gasteiger charge is -2.25. The van der Waals surface area contributed by atoms with E-state index in [4.69, 9.17) is 22.6 Å². The van der Waals surface area contributed by atoms with Crippen molar-refractivity contribution in [3.8, 4) is 6.07 Å². The first-order chi connectivity index (χ1) is 11.3. The number of halogens is 3. The Labute approximate surface area is 162 Å². The van der Waals surface area contributed by atoms with Crippen LogP contribution in [0.25, 0.3) is 0 Å². The Morgan fingerprint density at radius 1 is 1.21 bits per heavy atom. The maximum atomic E-state index is 13.1. The first kappa shape index (κ1) is 19.1. The standard InChI is InChI=1S/C15H12Br2ClN3O2S/c16-10-9-15(11(17)8-13(10)20)24(22,23)21(7-3-6-19)14-5-2-1-4-12(14)18/h1-2,4-5,8-9H,3,7,20H2. The van der Waals surface area contributed by atoms with E-state index in [-0.39, 0.29) is 22.9 Å². The zero-order valence-electron chi connectivity index (χ0n) is 12.2. The van der Waals surface area contributed by atoms with Gasteiger partial charge in [-0.2, -0.15) is 5.26 Å². The molecule has 24 heavy (non-hydrogen) atoms. The van der Waals surface area contributed by atoms with Crippen molar-refractivity contribution in [3.05, 3.63) is 50.4 Å². The summed E-state index contributed by atoms with van der Waals surface area (Å²) in [4.78, 5) is 0.0291. The molecule has 9 heteroatoms. The lowest BCUT2D eigenvalue weighted by molar-refractivity contribution is 0.590. The van der Waals surface area contributed by atoms with Crippen LogP contribution in [-0.4, -0.2) is 15.0 Å². The Hall–Kier alpha value is -1.27. The van der Waals surface area contributed by atoms with Crippen LogP contribution in [0.4, 0.5) is 11.4 Å². The molecule has 2 rings (SSSR count). The Morgan fingerprint density at radius 3 is 2.50 bits per heavy atom. The van der Waals surface area contributed by atoms with E-state index in [1.807, 2.05) is 6.07 Å². The van der Waals surface area contributed by atoms with Gasteiger partial charge in [0.15, 0.2) is 0 Å². The quantitative estimate of drug-likeness (QED) is 0.619. The van der Waals surface area contributed by atoms with Gasteiger partial charge in [-0.25, -0.2) is 8.42 Å². The number of benzene rings is 2. The van der Waals surface area contributed by atoms with Crippen LogP contribution in [0.15, 0.2) is 50.2 Å². The molecule has 0 heterocycles. The van der Waals surface area contributed by atoms with Crippen LogP contribution in [0.1, 0.15) is 6.42 Å². The van der Waals surface area contributed by atoms with E-state index >= 15 is 0 Å². The maximum Gasteiger partial charge on any atom is 0.265 e. The van der Waals surface area contributed by atoms with Crippen molar-refractivity contribution in [1.82, 2.24) is 0 Å². The lowest BCUT2D eigenvalue weighted by Crippen LogP contribution is -2.32. The fourth-order valence-corrected chi connectivity index (χ4v) is 5.35. The Balaban J connectivity index is 2.63. The molecule has 0 amide bonds. The van der Waals surface area contributed by atoms with E-state index in [0.29, 0.717) is 20.3 Å². The normalized spacial score (nSPS) is 11.1. The van der Waals surface area contributed by atoms with Gasteiger partial charge in [0.05, 0.1) is 23.2 Å². The zero-order chi connectivity index (χ0) is 17.9. The van der Waals surface area contributed by atoms with Gasteiger partial charge in [0, 0.05) is 21.2 Å². The molecule has 0 unspecified atom stereocenters. The van der Waals surface area contributed by atoms with Crippen LogP contribution in [0.5, 0.6) is 0 Å². The highest BCUT2D eigenvalue weighted by Gasteiger charge is 2.28. The molecule has 0 aromatic heterocycles. The number of para-hydroxylation sites is 1. The number of nitrogens with two attached hydrogens (primary N) is 1. The average Bonchev–Trinajstić information content (AvgIpc) is 2.52. The molecule has 2 aromatic rings. The van der Waals surface area contributed by atoms with Crippen LogP contribution >= 0.6 is 43.5 Å². The summed E-state index contributed by atoms with van der Waals surface area (Å²) in [5.74, 6) is 0. The van der Waals surface area contributed by atoms with Crippen molar-refractivity contribution in [3.63, 3.8) is 0 Å². The van der Waals surface area contributed by atoms with Crippen molar-refractivity contribution in [2.75, 3.05) is 16.6 Å². The highest BCUT2D eigenvalue weighted by Crippen LogP contribution is 2.36. The van der Waals surface area contributed by atoms with Gasteiger partial charge in [0.2, 0.25) is 0 Å². The minimum absolute atomic E-state index is 0.0169. The maximum absolute atomic E-state index is 13.1. The van der Waals surface area contributed by atoms with Gasteiger partial charge in [0.1, 0.15) is 4.90 Å². The highest BCUT2D eigenvalue weighted by atomic mass is 79.9. The predicted octanol–water partition coefficient (Wildman–Crippen LogP) is 4.56. The fraction of sp³-hybridized carbons (Fsp3) is 0.133. The van der Waals surface area contributed by atoms with E-state index in [9.17, 15) is 8.42 Å². The highest BCUT2D eigenvalue weighted by molar-refractivity contribution is 9.11. The number of hydrogen-bond acceptors (Lipinski definition) is 4. The lowest BCUT2D eigenvalue weighted by atomic mass is 10.3. The summed E-state index contributed by atoms with van der Waals surface area (Å²) >= 11 is 12.6. The fourth-order valence-electron chi connectivity index (χ4n) is 2.04. The van der Waals surface area contributed by atoms with E-state index < -0.39 is 10.0 Å². The van der Waals surface area contributed by atoms with Gasteiger partial charge in [-0.05, 0) is 56.1 Å². The first-order valence-electron chi connectivity index (χ1n) is 6.67. The minimum Gasteiger partial charge on any atom is -0.398 e. The monoisotopic (exact) mass is 491 g/mol. The molecule has 0 saturated carbocycles. The average molecular weight is 494 g/mol. The van der Waals surface area contributed by atoms with Crippen molar-refractivity contribution in [1.29, 1.82) is 5.26 Å². The predicted molar refractivity (Wildman–Crippen MR) is 102 cm³/mol. The summed E-state index contributed by atoms with van der Waals surface area (Å²) in [6.45, 7) is -0.0169. The Kier molecular flexibility index (Phi) is 6.15. The van der Waals surface area contributed by atoms with Gasteiger partial charge in [-0.3, -0.25) is 4.31 Å². The summed E-state index contributed by atoms with van der Waals surface area (Å²) in [7, 11) is -3.95. The SMILES string of the molecule is N#CCCN(c1ccccc1Cl)S(=O)(=O)c1cc(Br)c(N)cc1Br. The third-order valence-corrected chi connectivity index (χ3v) is 6.95. The van der Waals surface area contributed by atoms with Crippen LogP contribution < -0.4 is 10.0 Å². The molecule has 0 aliphatic heterocycles. The van der Waals surface area contributed by atoms with E-state index in [0.717, 1.165) is 4.31 Å². The minimum atomic E-state index is -3.95. The van der Waals surface area contributed by atoms with Crippen LogP contribution in [0, 0.1) is 11.3 Å². The summed E-state index contributed by atoms with van der Waals surface area (Å²) in [5.41, 5.74) is 6.49. The molecule has 0 fully saturated rings. The second-order valence-corrected chi connectivity index (χ2v) is 8.69. The molecule has 0 aliphatic carbocycles. The van der Waals surface area contributed by atoms with Gasteiger partial charge in [0.25, 0.3) is 10.0 Å². The molecule has 0 aliphatic rings. The molecule has 2 N–H and O–H groups in total. The van der Waals surface area contributed by atoms with Gasteiger partial charge in [-0.15, -0.1) is 0 Å². The molecule has 5 nitrogen and oxygen atoms in total. The number of hydrogen-bond donors (Lipinski definition) is 1. The van der Waals surface area contributed by atoms with Crippen molar-refractivity contribution >= 4 is 64.9 Å². The van der Waals surface area contributed by atoms with E-state index in [1.165, 1.54) is 12.1 Å². The molecule has 0 atom stereocenters. The van der Waals surface area contributed by atoms with Gasteiger partial charge in [-0.1, -0.05) is 23.7 Å². The summed E-state index contributed by atoms with van der Waals surface area (Å²) in [5, 5.41) is 9.15. The zero-order valence-corrected chi connectivity index (χ0v) is 17.0. The number of nitrogens with zero attached hydrogens (tertiary/aromatic N) is 2. The van der Waals surface area contributed by atoms with E-state index in [2.05, 4.69) is 31.9 Å². The molecule has 2 aromatic carbocycles. The molecule has 0 saturated heterocycles. The van der Waals surface area contributed by atoms with Crippen molar-refractivity contribution in [2.45, 2.75) is 11.3 Å². The summed E-state index contributed by atoms with van der Waals surface area (Å²) in [6, 6.07) is 11.5. The Bertz CT molecular complexity index is 913. The van der Waals surface area contributed by atoms with E-state index in [1.54, 1.807) is 24.3 Å². The van der Waals surface area contributed by atoms with Gasteiger partial charge >= 0.3 is 0 Å². The summed E-state index contributed by atoms with van der Waals surface area (Å²) in [6.07, 6.45) is 0.0260. The summed E-state index contributed by atoms with van der Waals surface area (Å²) < 4.78 is 28.2. The van der Waals surface area contributed by atoms with Crippen molar-refractivity contribution in [2.24, 2.45) is 0 Å². The molecule has 126 valence electrons. The first-order valence-corrected chi connectivity index (χ1v) is 10.1. The molecule has 0 bridgehead atoms. The smallest absolute Gasteiger partial charge is 0.265 e. The second-order valence-electron chi connectivity index (χ2n) is 4.74. The van der Waals surface area contributed by atoms with Crippen LogP contribution in [0.3, 0.4) is 0 Å². The molecular formula is C15H12Br2ClN3O2S. The number of anilines is 2. The number of nitrogen functional groups attached to an aromatic ring is 1. The topological polar surface area (TPSA) is 87.2 Å². The molecular weight excluding hydrogens is 482 g/mol. The molecule has 0 spiro atoms. The Morgan fingerprint density at radius 2 is 1.88 bits per heavy atom. The third kappa shape index (κ3) is 3.86. The number of sulfonamides is 1. The van der Waals surface area contributed by atoms with Crippen LogP contribution in [0.2, 0.25) is 5.02 Å². The number of rotatable bonds is 5.